The number of pyridine rings is 1. The Labute approximate surface area is 228 Å². The lowest BCUT2D eigenvalue weighted by molar-refractivity contribution is 0.104. The molecule has 0 saturated heterocycles. The van der Waals surface area contributed by atoms with Crippen molar-refractivity contribution in [1.29, 1.82) is 0 Å². The molecule has 3 rings (SSSR count). The average Bonchev–Trinajstić information content (AvgIpc) is 2.70. The third-order valence-corrected chi connectivity index (χ3v) is 13.7. The van der Waals surface area contributed by atoms with E-state index < -0.39 is 14.4 Å². The second-order valence-corrected chi connectivity index (χ2v) is 19.2. The molecule has 0 radical (unpaired) electrons. The van der Waals surface area contributed by atoms with Crippen LogP contribution in [0.3, 0.4) is 0 Å². The quantitative estimate of drug-likeness (QED) is 0.263. The van der Waals surface area contributed by atoms with Crippen LogP contribution in [0.1, 0.15) is 126 Å². The molecule has 1 unspecified atom stereocenters. The van der Waals surface area contributed by atoms with Gasteiger partial charge >= 0.3 is 0 Å². The van der Waals surface area contributed by atoms with E-state index in [0.29, 0.717) is 5.92 Å². The average molecular weight is 608 g/mol. The highest BCUT2D eigenvalue weighted by Crippen LogP contribution is 2.50. The van der Waals surface area contributed by atoms with Crippen LogP contribution in [0.15, 0.2) is 24.3 Å². The molecule has 35 heavy (non-hydrogen) atoms. The molecular weight excluding hydrogens is 561 g/mol. The summed E-state index contributed by atoms with van der Waals surface area (Å²) in [6.45, 7) is 25.0. The maximum Gasteiger partial charge on any atom is 0.192 e. The molecule has 1 aliphatic carbocycles. The van der Waals surface area contributed by atoms with Gasteiger partial charge in [-0.1, -0.05) is 86.6 Å². The van der Waals surface area contributed by atoms with Gasteiger partial charge in [-0.3, -0.25) is 4.98 Å². The summed E-state index contributed by atoms with van der Waals surface area (Å²) in [6, 6.07) is 8.43. The van der Waals surface area contributed by atoms with Crippen molar-refractivity contribution < 1.29 is 9.53 Å². The molecule has 0 amide bonds. The normalized spacial score (nSPS) is 19.2. The Balaban J connectivity index is 2.18. The van der Waals surface area contributed by atoms with Gasteiger partial charge in [0.2, 0.25) is 0 Å². The molecule has 1 aromatic carbocycles. The lowest BCUT2D eigenvalue weighted by Crippen LogP contribution is -2.44. The van der Waals surface area contributed by atoms with E-state index in [1.807, 2.05) is 0 Å². The molecule has 3 nitrogen and oxygen atoms in total. The summed E-state index contributed by atoms with van der Waals surface area (Å²) in [6.07, 6.45) is 1.21. The minimum Gasteiger partial charge on any atom is -0.410 e. The second-order valence-electron chi connectivity index (χ2n) is 13.4. The minimum absolute atomic E-state index is 0.00419. The van der Waals surface area contributed by atoms with Crippen molar-refractivity contribution >= 4 is 30.9 Å². The monoisotopic (exact) mass is 607 g/mol. The Morgan fingerprint density at radius 3 is 2.06 bits per heavy atom. The molecule has 5 heteroatoms. The van der Waals surface area contributed by atoms with Crippen LogP contribution < -0.4 is 0 Å². The number of hydrogen-bond donors (Lipinski definition) is 1. The third kappa shape index (κ3) is 6.05. The summed E-state index contributed by atoms with van der Waals surface area (Å²) in [7, 11) is -2.00. The van der Waals surface area contributed by atoms with E-state index in [-0.39, 0.29) is 22.5 Å². The largest absolute Gasteiger partial charge is 0.410 e. The summed E-state index contributed by atoms with van der Waals surface area (Å²) >= 11 is 2.48. The van der Waals surface area contributed by atoms with Gasteiger partial charge in [-0.25, -0.2) is 0 Å². The number of aliphatic hydroxyl groups is 1. The SMILES string of the molecule is CC(C)c1ccc([C@H](O)c2c(C(C)C)nc3c(c2I)C(O[Si](C)(C)C(C)(C)C)CC(C)(C)C3)cc1. The van der Waals surface area contributed by atoms with Crippen molar-refractivity contribution in [2.75, 3.05) is 0 Å². The third-order valence-electron chi connectivity index (χ3n) is 8.00. The molecule has 1 aromatic heterocycles. The molecule has 1 N–H and O–H groups in total. The maximum atomic E-state index is 11.7. The summed E-state index contributed by atoms with van der Waals surface area (Å²) in [5.41, 5.74) is 6.67. The molecule has 194 valence electrons. The van der Waals surface area contributed by atoms with E-state index in [2.05, 4.69) is 122 Å². The fraction of sp³-hybridized carbons (Fsp3) is 0.633. The Morgan fingerprint density at radius 2 is 1.57 bits per heavy atom. The lowest BCUT2D eigenvalue weighted by atomic mass is 9.74. The molecule has 2 atom stereocenters. The van der Waals surface area contributed by atoms with E-state index in [1.54, 1.807) is 0 Å². The molecule has 0 spiro atoms. The van der Waals surface area contributed by atoms with Gasteiger partial charge in [-0.15, -0.1) is 0 Å². The number of aliphatic hydroxyl groups excluding tert-OH is 1. The van der Waals surface area contributed by atoms with Crippen LogP contribution in [0.2, 0.25) is 18.1 Å². The summed E-state index contributed by atoms with van der Waals surface area (Å²) in [5.74, 6) is 0.688. The van der Waals surface area contributed by atoms with Crippen LogP contribution in [0.4, 0.5) is 0 Å². The van der Waals surface area contributed by atoms with Crippen LogP contribution in [-0.2, 0) is 10.8 Å². The van der Waals surface area contributed by atoms with Gasteiger partial charge < -0.3 is 9.53 Å². The predicted molar refractivity (Wildman–Crippen MR) is 159 cm³/mol. The van der Waals surface area contributed by atoms with Gasteiger partial charge in [0, 0.05) is 20.4 Å². The highest BCUT2D eigenvalue weighted by molar-refractivity contribution is 14.1. The summed E-state index contributed by atoms with van der Waals surface area (Å²) in [4.78, 5) is 5.27. The summed E-state index contributed by atoms with van der Waals surface area (Å²) in [5, 5.41) is 11.8. The number of aromatic nitrogens is 1. The molecule has 0 bridgehead atoms. The van der Waals surface area contributed by atoms with Gasteiger partial charge in [0.15, 0.2) is 8.32 Å². The molecule has 0 saturated carbocycles. The first-order chi connectivity index (χ1) is 15.9. The van der Waals surface area contributed by atoms with Gasteiger partial charge in [0.05, 0.1) is 11.8 Å². The first kappa shape index (κ1) is 28.8. The van der Waals surface area contributed by atoms with E-state index in [9.17, 15) is 5.11 Å². The lowest BCUT2D eigenvalue weighted by Gasteiger charge is -2.44. The van der Waals surface area contributed by atoms with Crippen molar-refractivity contribution in [1.82, 2.24) is 4.98 Å². The number of nitrogens with zero attached hydrogens (tertiary/aromatic N) is 1. The fourth-order valence-corrected chi connectivity index (χ4v) is 7.30. The van der Waals surface area contributed by atoms with Crippen molar-refractivity contribution in [3.05, 3.63) is 61.5 Å². The van der Waals surface area contributed by atoms with Gasteiger partial charge in [0.25, 0.3) is 0 Å². The minimum atomic E-state index is -2.00. The Kier molecular flexibility index (Phi) is 8.38. The van der Waals surface area contributed by atoms with Gasteiger partial charge in [-0.05, 0) is 81.9 Å². The fourth-order valence-electron chi connectivity index (χ4n) is 4.80. The van der Waals surface area contributed by atoms with Crippen molar-refractivity contribution in [3.63, 3.8) is 0 Å². The summed E-state index contributed by atoms with van der Waals surface area (Å²) < 4.78 is 8.22. The number of hydrogen-bond acceptors (Lipinski definition) is 3. The van der Waals surface area contributed by atoms with E-state index in [0.717, 1.165) is 38.9 Å². The molecular formula is C30H46INO2Si. The zero-order valence-corrected chi connectivity index (χ0v) is 26.9. The Morgan fingerprint density at radius 1 is 1.03 bits per heavy atom. The Bertz CT molecular complexity index is 1050. The van der Waals surface area contributed by atoms with Gasteiger partial charge in [0.1, 0.15) is 6.10 Å². The zero-order valence-electron chi connectivity index (χ0n) is 23.7. The Hall–Kier alpha value is -0.763. The van der Waals surface area contributed by atoms with Crippen LogP contribution in [0, 0.1) is 8.99 Å². The topological polar surface area (TPSA) is 42.4 Å². The first-order valence-electron chi connectivity index (χ1n) is 13.1. The van der Waals surface area contributed by atoms with Crippen LogP contribution in [0.25, 0.3) is 0 Å². The maximum absolute atomic E-state index is 11.7. The molecule has 2 aromatic rings. The molecule has 1 heterocycles. The zero-order chi connectivity index (χ0) is 26.5. The number of fused-ring (bicyclic) bond motifs is 1. The van der Waals surface area contributed by atoms with Crippen LogP contribution in [-0.4, -0.2) is 18.4 Å². The molecule has 1 aliphatic rings. The van der Waals surface area contributed by atoms with Crippen molar-refractivity contribution in [2.24, 2.45) is 5.41 Å². The van der Waals surface area contributed by atoms with Crippen molar-refractivity contribution in [2.45, 2.75) is 117 Å². The second kappa shape index (κ2) is 10.2. The first-order valence-corrected chi connectivity index (χ1v) is 17.1. The van der Waals surface area contributed by atoms with Crippen LogP contribution in [0.5, 0.6) is 0 Å². The highest BCUT2D eigenvalue weighted by Gasteiger charge is 2.44. The van der Waals surface area contributed by atoms with Gasteiger partial charge in [-0.2, -0.15) is 0 Å². The van der Waals surface area contributed by atoms with Crippen molar-refractivity contribution in [3.8, 4) is 0 Å². The van der Waals surface area contributed by atoms with E-state index in [4.69, 9.17) is 9.41 Å². The number of halogens is 1. The molecule has 0 fully saturated rings. The van der Waals surface area contributed by atoms with Crippen LogP contribution >= 0.6 is 22.6 Å². The van der Waals surface area contributed by atoms with E-state index >= 15 is 0 Å². The molecule has 0 aliphatic heterocycles. The highest BCUT2D eigenvalue weighted by atomic mass is 127. The smallest absolute Gasteiger partial charge is 0.192 e. The van der Waals surface area contributed by atoms with E-state index in [1.165, 1.54) is 11.1 Å². The number of rotatable bonds is 6. The predicted octanol–water partition coefficient (Wildman–Crippen LogP) is 9.05. The standard InChI is InChI=1S/C30H46INO2Si/c1-18(2)20-12-14-21(15-13-20)28(33)25-26(31)24-22(32-27(25)19(3)4)16-30(8,9)17-23(24)34-35(10,11)29(5,6)7/h12-15,18-19,23,28,33H,16-17H2,1-11H3/t23?,28-/m0/s1. The number of benzene rings is 1.